The van der Waals surface area contributed by atoms with Gasteiger partial charge in [-0.1, -0.05) is 19.9 Å². The van der Waals surface area contributed by atoms with E-state index in [0.29, 0.717) is 0 Å². The molecular formula is C20H27Cl2N3O2. The zero-order valence-corrected chi connectivity index (χ0v) is 17.5. The van der Waals surface area contributed by atoms with Gasteiger partial charge in [-0.25, -0.2) is 0 Å². The first-order valence-electron chi connectivity index (χ1n) is 8.93. The average Bonchev–Trinajstić information content (AvgIpc) is 2.63. The predicted octanol–water partition coefficient (Wildman–Crippen LogP) is 3.86. The molecule has 1 aromatic heterocycles. The minimum Gasteiger partial charge on any atom is -0.377 e. The lowest BCUT2D eigenvalue weighted by molar-refractivity contribution is -0.222. The third-order valence-corrected chi connectivity index (χ3v) is 6.28. The highest BCUT2D eigenvalue weighted by Gasteiger charge is 2.70. The van der Waals surface area contributed by atoms with Crippen molar-refractivity contribution < 1.29 is 9.53 Å². The first kappa shape index (κ1) is 21.9. The molecule has 1 saturated carbocycles. The Morgan fingerprint density at radius 2 is 2.04 bits per heavy atom. The number of aryl methyl sites for hydroxylation is 1. The number of nitrogens with zero attached hydrogens (tertiary/aromatic N) is 1. The van der Waals surface area contributed by atoms with Gasteiger partial charge in [0.15, 0.2) is 0 Å². The van der Waals surface area contributed by atoms with Crippen LogP contribution in [0.5, 0.6) is 0 Å². The summed E-state index contributed by atoms with van der Waals surface area (Å²) in [6.45, 7) is 6.85. The molecule has 2 fully saturated rings. The third-order valence-electron chi connectivity index (χ3n) is 6.28. The van der Waals surface area contributed by atoms with E-state index in [-0.39, 0.29) is 48.2 Å². The van der Waals surface area contributed by atoms with Gasteiger partial charge >= 0.3 is 0 Å². The van der Waals surface area contributed by atoms with Crippen molar-refractivity contribution in [2.24, 2.45) is 17.1 Å². The minimum atomic E-state index is -0.919. The summed E-state index contributed by atoms with van der Waals surface area (Å²) >= 11 is 0. The van der Waals surface area contributed by atoms with E-state index in [1.54, 1.807) is 6.20 Å². The molecule has 1 saturated heterocycles. The Balaban J connectivity index is 0.00000131. The number of pyridine rings is 1. The van der Waals surface area contributed by atoms with Crippen molar-refractivity contribution in [1.29, 1.82) is 0 Å². The van der Waals surface area contributed by atoms with Gasteiger partial charge in [0.2, 0.25) is 5.91 Å². The Hall–Kier alpha value is -1.40. The zero-order chi connectivity index (χ0) is 17.8. The van der Waals surface area contributed by atoms with Crippen molar-refractivity contribution >= 4 is 47.3 Å². The van der Waals surface area contributed by atoms with Gasteiger partial charge in [-0.15, -0.1) is 24.8 Å². The highest BCUT2D eigenvalue weighted by Crippen LogP contribution is 2.57. The second kappa shape index (κ2) is 7.55. The summed E-state index contributed by atoms with van der Waals surface area (Å²) in [4.78, 5) is 17.6. The largest absolute Gasteiger partial charge is 0.377 e. The molecule has 4 rings (SSSR count). The van der Waals surface area contributed by atoms with Crippen LogP contribution in [0.2, 0.25) is 0 Å². The van der Waals surface area contributed by atoms with E-state index in [1.165, 1.54) is 0 Å². The molecule has 5 nitrogen and oxygen atoms in total. The maximum absolute atomic E-state index is 13.2. The van der Waals surface area contributed by atoms with E-state index in [1.807, 2.05) is 45.0 Å². The lowest BCUT2D eigenvalue weighted by atomic mass is 9.46. The molecule has 148 valence electrons. The number of hydrogen-bond acceptors (Lipinski definition) is 4. The van der Waals surface area contributed by atoms with Gasteiger partial charge in [-0.3, -0.25) is 9.78 Å². The summed E-state index contributed by atoms with van der Waals surface area (Å²) in [5.74, 6) is -0.0515. The van der Waals surface area contributed by atoms with Crippen LogP contribution in [0.3, 0.4) is 0 Å². The van der Waals surface area contributed by atoms with E-state index >= 15 is 0 Å². The average molecular weight is 412 g/mol. The number of carbonyl (C=O) groups excluding carboxylic acids is 1. The molecule has 1 aliphatic carbocycles. The third kappa shape index (κ3) is 3.01. The van der Waals surface area contributed by atoms with Crippen LogP contribution in [0, 0.1) is 18.3 Å². The van der Waals surface area contributed by atoms with Crippen LogP contribution in [-0.2, 0) is 9.53 Å². The van der Waals surface area contributed by atoms with Crippen LogP contribution in [-0.4, -0.2) is 29.1 Å². The lowest BCUT2D eigenvalue weighted by Gasteiger charge is -2.65. The molecule has 1 aliphatic heterocycles. The van der Waals surface area contributed by atoms with E-state index in [0.717, 1.165) is 41.6 Å². The van der Waals surface area contributed by atoms with Crippen molar-refractivity contribution in [2.75, 3.05) is 11.9 Å². The summed E-state index contributed by atoms with van der Waals surface area (Å²) in [7, 11) is 0. The monoisotopic (exact) mass is 411 g/mol. The Morgan fingerprint density at radius 1 is 1.30 bits per heavy atom. The van der Waals surface area contributed by atoms with Crippen LogP contribution in [0.1, 0.15) is 32.3 Å². The first-order valence-corrected chi connectivity index (χ1v) is 8.93. The van der Waals surface area contributed by atoms with Crippen LogP contribution < -0.4 is 11.1 Å². The second-order valence-corrected chi connectivity index (χ2v) is 7.91. The Labute approximate surface area is 172 Å². The minimum absolute atomic E-state index is 0. The molecule has 27 heavy (non-hydrogen) atoms. The standard InChI is InChI=1S/C20H25N3O2.2ClH/c1-12-8-9-15(13-6-4-10-22-16(12)13)23-18(24)20(21)14-7-5-11-25-17(14)19(20,2)3;;/h4,6,8-10,14,17H,5,7,11,21H2,1-3H3,(H,23,24);2*1H. The molecule has 7 heteroatoms. The quantitative estimate of drug-likeness (QED) is 0.786. The fourth-order valence-electron chi connectivity index (χ4n) is 4.69. The van der Waals surface area contributed by atoms with Gasteiger partial charge in [-0.05, 0) is 43.5 Å². The number of nitrogens with one attached hydrogen (secondary N) is 1. The number of fused-ring (bicyclic) bond motifs is 2. The van der Waals surface area contributed by atoms with Crippen LogP contribution in [0.25, 0.3) is 10.9 Å². The number of aromatic nitrogens is 1. The molecule has 2 heterocycles. The number of rotatable bonds is 2. The highest BCUT2D eigenvalue weighted by molar-refractivity contribution is 6.06. The lowest BCUT2D eigenvalue weighted by Crippen LogP contribution is -2.81. The van der Waals surface area contributed by atoms with E-state index in [2.05, 4.69) is 10.3 Å². The Kier molecular flexibility index (Phi) is 6.12. The smallest absolute Gasteiger partial charge is 0.245 e. The molecule has 0 bridgehead atoms. The maximum atomic E-state index is 13.2. The SMILES string of the molecule is Cc1ccc(NC(=O)C2(N)C3CCCOC3C2(C)C)c2cccnc12.Cl.Cl. The first-order chi connectivity index (χ1) is 11.9. The molecule has 3 N–H and O–H groups in total. The van der Waals surface area contributed by atoms with Crippen molar-refractivity contribution in [1.82, 2.24) is 4.98 Å². The number of nitrogens with two attached hydrogens (primary N) is 1. The Bertz CT molecular complexity index is 858. The van der Waals surface area contributed by atoms with Gasteiger partial charge in [0.1, 0.15) is 5.54 Å². The van der Waals surface area contributed by atoms with Crippen LogP contribution >= 0.6 is 24.8 Å². The van der Waals surface area contributed by atoms with Gasteiger partial charge in [0.25, 0.3) is 0 Å². The van der Waals surface area contributed by atoms with E-state index < -0.39 is 5.54 Å². The second-order valence-electron chi connectivity index (χ2n) is 7.91. The molecular weight excluding hydrogens is 385 g/mol. The van der Waals surface area contributed by atoms with Gasteiger partial charge < -0.3 is 15.8 Å². The molecule has 1 aromatic carbocycles. The van der Waals surface area contributed by atoms with Crippen LogP contribution in [0.4, 0.5) is 5.69 Å². The number of halogens is 2. The summed E-state index contributed by atoms with van der Waals surface area (Å²) < 4.78 is 5.90. The summed E-state index contributed by atoms with van der Waals surface area (Å²) in [5, 5.41) is 4.02. The summed E-state index contributed by atoms with van der Waals surface area (Å²) in [6, 6.07) is 7.77. The molecule has 3 unspecified atom stereocenters. The number of carbonyl (C=O) groups is 1. The Morgan fingerprint density at radius 3 is 2.78 bits per heavy atom. The number of benzene rings is 1. The fourth-order valence-corrected chi connectivity index (χ4v) is 4.69. The molecule has 3 atom stereocenters. The summed E-state index contributed by atoms with van der Waals surface area (Å²) in [6.07, 6.45) is 3.73. The van der Waals surface area contributed by atoms with Crippen molar-refractivity contribution in [2.45, 2.75) is 45.3 Å². The highest BCUT2D eigenvalue weighted by atomic mass is 35.5. The molecule has 1 amide bonds. The van der Waals surface area contributed by atoms with Crippen molar-refractivity contribution in [3.63, 3.8) is 0 Å². The summed E-state index contributed by atoms with van der Waals surface area (Å²) in [5.41, 5.74) is 8.13. The normalized spacial score (nSPS) is 28.1. The predicted molar refractivity (Wildman–Crippen MR) is 113 cm³/mol. The molecule has 0 spiro atoms. The van der Waals surface area contributed by atoms with Gasteiger partial charge in [0.05, 0.1) is 17.3 Å². The van der Waals surface area contributed by atoms with Crippen molar-refractivity contribution in [3.05, 3.63) is 36.0 Å². The zero-order valence-electron chi connectivity index (χ0n) is 15.8. The van der Waals surface area contributed by atoms with Crippen molar-refractivity contribution in [3.8, 4) is 0 Å². The van der Waals surface area contributed by atoms with E-state index in [9.17, 15) is 4.79 Å². The van der Waals surface area contributed by atoms with Gasteiger partial charge in [0, 0.05) is 29.5 Å². The molecule has 2 aromatic rings. The number of amides is 1. The topological polar surface area (TPSA) is 77.2 Å². The number of ether oxygens (including phenoxy) is 1. The van der Waals surface area contributed by atoms with Gasteiger partial charge in [-0.2, -0.15) is 0 Å². The van der Waals surface area contributed by atoms with E-state index in [4.69, 9.17) is 10.5 Å². The number of hydrogen-bond donors (Lipinski definition) is 2. The maximum Gasteiger partial charge on any atom is 0.245 e. The fraction of sp³-hybridized carbons (Fsp3) is 0.500. The molecule has 2 aliphatic rings. The number of anilines is 1. The van der Waals surface area contributed by atoms with Crippen LogP contribution in [0.15, 0.2) is 30.5 Å². The molecule has 0 radical (unpaired) electrons.